The maximum atomic E-state index is 12.3. The van der Waals surface area contributed by atoms with Gasteiger partial charge in [-0.05, 0) is 38.8 Å². The van der Waals surface area contributed by atoms with E-state index < -0.39 is 17.3 Å². The molecule has 0 aromatic rings. The zero-order valence-electron chi connectivity index (χ0n) is 13.4. The molecule has 1 heterocycles. The Balaban J connectivity index is 2.61. The number of likely N-dealkylation sites (tertiary alicyclic amines) is 1. The quantitative estimate of drug-likeness (QED) is 0.613. The summed E-state index contributed by atoms with van der Waals surface area (Å²) in [6.07, 6.45) is 2.26. The van der Waals surface area contributed by atoms with Crippen molar-refractivity contribution in [2.24, 2.45) is 11.3 Å². The average Bonchev–Trinajstić information content (AvgIpc) is 2.71. The molecule has 5 heteroatoms. The number of ether oxygens (including phenoxy) is 1. The summed E-state index contributed by atoms with van der Waals surface area (Å²) in [6.45, 7) is 9.37. The van der Waals surface area contributed by atoms with E-state index in [0.717, 1.165) is 19.4 Å². The molecule has 0 bridgehead atoms. The van der Waals surface area contributed by atoms with Crippen LogP contribution in [0.25, 0.3) is 0 Å². The number of hydrogen-bond donors (Lipinski definition) is 1. The van der Waals surface area contributed by atoms with Crippen molar-refractivity contribution in [3.63, 3.8) is 0 Å². The molecule has 0 aromatic carbocycles. The standard InChI is InChI=1S/C15H28N2O3/c1-6-20-14(19)12(15(2,3)4)13(18)16-10-11-8-7-9-17(11)5/h11-12H,6-10H2,1-5H3,(H,16,18). The number of carbonyl (C=O) groups excluding carboxylic acids is 2. The maximum Gasteiger partial charge on any atom is 0.319 e. The predicted molar refractivity (Wildman–Crippen MR) is 78.2 cm³/mol. The molecular formula is C15H28N2O3. The van der Waals surface area contributed by atoms with Crippen LogP contribution in [-0.2, 0) is 14.3 Å². The molecule has 1 amide bonds. The highest BCUT2D eigenvalue weighted by molar-refractivity contribution is 5.98. The van der Waals surface area contributed by atoms with Gasteiger partial charge in [0.25, 0.3) is 0 Å². The Morgan fingerprint density at radius 1 is 1.40 bits per heavy atom. The van der Waals surface area contributed by atoms with Gasteiger partial charge in [-0.25, -0.2) is 0 Å². The Morgan fingerprint density at radius 3 is 2.50 bits per heavy atom. The van der Waals surface area contributed by atoms with Gasteiger partial charge in [0.1, 0.15) is 5.92 Å². The van der Waals surface area contributed by atoms with E-state index in [1.807, 2.05) is 20.8 Å². The maximum absolute atomic E-state index is 12.3. The predicted octanol–water partition coefficient (Wildman–Crippen LogP) is 1.42. The van der Waals surface area contributed by atoms with Gasteiger partial charge in [-0.3, -0.25) is 9.59 Å². The third kappa shape index (κ3) is 4.47. The van der Waals surface area contributed by atoms with Gasteiger partial charge < -0.3 is 15.0 Å². The molecule has 1 fully saturated rings. The van der Waals surface area contributed by atoms with Crippen LogP contribution >= 0.6 is 0 Å². The summed E-state index contributed by atoms with van der Waals surface area (Å²) in [5.74, 6) is -1.41. The molecule has 2 unspecified atom stereocenters. The van der Waals surface area contributed by atoms with Crippen molar-refractivity contribution in [3.05, 3.63) is 0 Å². The van der Waals surface area contributed by atoms with Crippen LogP contribution in [0.5, 0.6) is 0 Å². The van der Waals surface area contributed by atoms with Crippen molar-refractivity contribution < 1.29 is 14.3 Å². The molecule has 0 radical (unpaired) electrons. The normalized spacial score (nSPS) is 21.6. The van der Waals surface area contributed by atoms with Crippen LogP contribution in [0, 0.1) is 11.3 Å². The number of nitrogens with one attached hydrogen (secondary N) is 1. The molecule has 1 saturated heterocycles. The topological polar surface area (TPSA) is 58.6 Å². The molecule has 1 N–H and O–H groups in total. The van der Waals surface area contributed by atoms with Gasteiger partial charge in [-0.2, -0.15) is 0 Å². The van der Waals surface area contributed by atoms with Crippen LogP contribution in [-0.4, -0.2) is 49.6 Å². The fourth-order valence-corrected chi connectivity index (χ4v) is 2.64. The number of esters is 1. The SMILES string of the molecule is CCOC(=O)C(C(=O)NCC1CCCN1C)C(C)(C)C. The van der Waals surface area contributed by atoms with E-state index in [0.29, 0.717) is 19.2 Å². The summed E-state index contributed by atoms with van der Waals surface area (Å²) < 4.78 is 5.03. The van der Waals surface area contributed by atoms with E-state index in [9.17, 15) is 9.59 Å². The van der Waals surface area contributed by atoms with Gasteiger partial charge in [0.15, 0.2) is 0 Å². The molecule has 0 spiro atoms. The second kappa shape index (κ2) is 7.07. The lowest BCUT2D eigenvalue weighted by molar-refractivity contribution is -0.156. The highest BCUT2D eigenvalue weighted by atomic mass is 16.5. The van der Waals surface area contributed by atoms with E-state index in [4.69, 9.17) is 4.74 Å². The number of nitrogens with zero attached hydrogens (tertiary/aromatic N) is 1. The third-order valence-corrected chi connectivity index (χ3v) is 3.83. The van der Waals surface area contributed by atoms with E-state index in [-0.39, 0.29) is 5.91 Å². The minimum atomic E-state index is -0.755. The lowest BCUT2D eigenvalue weighted by Gasteiger charge is -2.28. The number of likely N-dealkylation sites (N-methyl/N-ethyl adjacent to an activating group) is 1. The summed E-state index contributed by atoms with van der Waals surface area (Å²) in [5, 5.41) is 2.92. The van der Waals surface area contributed by atoms with Crippen LogP contribution in [0.15, 0.2) is 0 Å². The lowest BCUT2D eigenvalue weighted by atomic mass is 9.80. The van der Waals surface area contributed by atoms with Gasteiger partial charge in [0.2, 0.25) is 5.91 Å². The summed E-state index contributed by atoms with van der Waals surface area (Å²) >= 11 is 0. The molecule has 0 saturated carbocycles. The highest BCUT2D eigenvalue weighted by Gasteiger charge is 2.39. The van der Waals surface area contributed by atoms with E-state index in [1.165, 1.54) is 0 Å². The number of hydrogen-bond acceptors (Lipinski definition) is 4. The van der Waals surface area contributed by atoms with Crippen LogP contribution in [0.3, 0.4) is 0 Å². The highest BCUT2D eigenvalue weighted by Crippen LogP contribution is 2.27. The lowest BCUT2D eigenvalue weighted by Crippen LogP contribution is -2.47. The van der Waals surface area contributed by atoms with Crippen molar-refractivity contribution in [2.45, 2.75) is 46.6 Å². The largest absolute Gasteiger partial charge is 0.465 e. The van der Waals surface area contributed by atoms with Gasteiger partial charge >= 0.3 is 5.97 Å². The van der Waals surface area contributed by atoms with E-state index >= 15 is 0 Å². The number of carbonyl (C=O) groups is 2. The van der Waals surface area contributed by atoms with E-state index in [2.05, 4.69) is 17.3 Å². The third-order valence-electron chi connectivity index (χ3n) is 3.83. The fraction of sp³-hybridized carbons (Fsp3) is 0.867. The van der Waals surface area contributed by atoms with Crippen molar-refractivity contribution in [1.82, 2.24) is 10.2 Å². The van der Waals surface area contributed by atoms with Gasteiger partial charge in [0, 0.05) is 12.6 Å². The van der Waals surface area contributed by atoms with Gasteiger partial charge in [-0.15, -0.1) is 0 Å². The fourth-order valence-electron chi connectivity index (χ4n) is 2.64. The molecule has 5 nitrogen and oxygen atoms in total. The Bertz CT molecular complexity index is 350. The molecule has 1 aliphatic rings. The molecule has 1 rings (SSSR count). The van der Waals surface area contributed by atoms with Crippen LogP contribution in [0.1, 0.15) is 40.5 Å². The Morgan fingerprint density at radius 2 is 2.05 bits per heavy atom. The van der Waals surface area contributed by atoms with Crippen molar-refractivity contribution in [2.75, 3.05) is 26.7 Å². The molecule has 0 aliphatic carbocycles. The first-order chi connectivity index (χ1) is 9.27. The first-order valence-corrected chi connectivity index (χ1v) is 7.42. The summed E-state index contributed by atoms with van der Waals surface area (Å²) in [6, 6.07) is 0.377. The zero-order chi connectivity index (χ0) is 15.3. The summed E-state index contributed by atoms with van der Waals surface area (Å²) in [5.41, 5.74) is -0.447. The molecule has 20 heavy (non-hydrogen) atoms. The number of amides is 1. The molecule has 1 aliphatic heterocycles. The second-order valence-electron chi connectivity index (χ2n) is 6.57. The first-order valence-electron chi connectivity index (χ1n) is 7.42. The summed E-state index contributed by atoms with van der Waals surface area (Å²) in [4.78, 5) is 26.6. The monoisotopic (exact) mass is 284 g/mol. The first kappa shape index (κ1) is 17.0. The van der Waals surface area contributed by atoms with Crippen LogP contribution in [0.4, 0.5) is 0 Å². The second-order valence-corrected chi connectivity index (χ2v) is 6.57. The molecule has 0 aromatic heterocycles. The zero-order valence-corrected chi connectivity index (χ0v) is 13.4. The van der Waals surface area contributed by atoms with Crippen molar-refractivity contribution >= 4 is 11.9 Å². The minimum absolute atomic E-state index is 0.226. The minimum Gasteiger partial charge on any atom is -0.465 e. The average molecular weight is 284 g/mol. The summed E-state index contributed by atoms with van der Waals surface area (Å²) in [7, 11) is 2.07. The Hall–Kier alpha value is -1.10. The van der Waals surface area contributed by atoms with Gasteiger partial charge in [-0.1, -0.05) is 20.8 Å². The smallest absolute Gasteiger partial charge is 0.319 e. The van der Waals surface area contributed by atoms with E-state index in [1.54, 1.807) is 6.92 Å². The van der Waals surface area contributed by atoms with Crippen molar-refractivity contribution in [1.29, 1.82) is 0 Å². The Labute approximate surface area is 122 Å². The molecule has 116 valence electrons. The number of rotatable bonds is 5. The molecular weight excluding hydrogens is 256 g/mol. The van der Waals surface area contributed by atoms with Crippen LogP contribution in [0.2, 0.25) is 0 Å². The van der Waals surface area contributed by atoms with Crippen LogP contribution < -0.4 is 5.32 Å². The molecule has 2 atom stereocenters. The van der Waals surface area contributed by atoms with Crippen molar-refractivity contribution in [3.8, 4) is 0 Å². The van der Waals surface area contributed by atoms with Gasteiger partial charge in [0.05, 0.1) is 6.61 Å². The Kier molecular flexibility index (Phi) is 5.99.